The normalized spacial score (nSPS) is 42.7. The number of rotatable bonds is 22. The first-order valence-corrected chi connectivity index (χ1v) is 16.8. The highest BCUT2D eigenvalue weighted by molar-refractivity contribution is 5.07. The van der Waals surface area contributed by atoms with Gasteiger partial charge in [-0.2, -0.15) is 0 Å². The lowest BCUT2D eigenvalue weighted by Gasteiger charge is -2.59. The molecular formula is C31H52O14. The predicted octanol–water partition coefficient (Wildman–Crippen LogP) is 0.728. The van der Waals surface area contributed by atoms with Crippen molar-refractivity contribution in [1.29, 1.82) is 0 Å². The van der Waals surface area contributed by atoms with Gasteiger partial charge in [0, 0.05) is 26.1 Å². The van der Waals surface area contributed by atoms with Crippen molar-refractivity contribution in [2.45, 2.75) is 119 Å². The van der Waals surface area contributed by atoms with Crippen LogP contribution in [-0.2, 0) is 56.8 Å². The lowest BCUT2D eigenvalue weighted by molar-refractivity contribution is -0.482. The monoisotopic (exact) mass is 648 g/mol. The molecule has 8 unspecified atom stereocenters. The van der Waals surface area contributed by atoms with Crippen LogP contribution in [0, 0.1) is 11.8 Å². The highest BCUT2D eigenvalue weighted by Crippen LogP contribution is 2.47. The Hall–Kier alpha value is -0.560. The zero-order valence-corrected chi connectivity index (χ0v) is 26.5. The van der Waals surface area contributed by atoms with E-state index in [9.17, 15) is 10.2 Å². The van der Waals surface area contributed by atoms with Gasteiger partial charge in [0.15, 0.2) is 0 Å². The highest BCUT2D eigenvalue weighted by atomic mass is 16.9. The van der Waals surface area contributed by atoms with Crippen LogP contribution in [-0.4, -0.2) is 151 Å². The quantitative estimate of drug-likeness (QED) is 0.159. The zero-order valence-electron chi connectivity index (χ0n) is 26.5. The molecule has 0 aromatic rings. The molecule has 8 bridgehead atoms. The SMILES string of the molecule is COCCOCCOC1C2OC3O[C@@H]1C(OCCOCCOC)[C@@H](O3)[C@@H]2CCCCCCC[C@@H]1C2OC3O[C@@H](C2O)C(O)[C@H]1O3. The molecule has 0 spiro atoms. The number of hydrogen-bond donors (Lipinski definition) is 2. The third-order valence-corrected chi connectivity index (χ3v) is 9.95. The Morgan fingerprint density at radius 2 is 0.844 bits per heavy atom. The van der Waals surface area contributed by atoms with Gasteiger partial charge < -0.3 is 67.1 Å². The summed E-state index contributed by atoms with van der Waals surface area (Å²) in [5, 5.41) is 21.1. The van der Waals surface area contributed by atoms with Gasteiger partial charge in [-0.1, -0.05) is 32.1 Å². The Balaban J connectivity index is 0.956. The molecule has 6 saturated heterocycles. The first-order chi connectivity index (χ1) is 22.1. The molecule has 8 fully saturated rings. The number of aliphatic hydroxyl groups excluding tert-OH is 2. The number of ether oxygens (including phenoxy) is 12. The molecule has 45 heavy (non-hydrogen) atoms. The van der Waals surface area contributed by atoms with Crippen LogP contribution >= 0.6 is 0 Å². The number of aliphatic hydroxyl groups is 2. The fourth-order valence-corrected chi connectivity index (χ4v) is 7.80. The van der Waals surface area contributed by atoms with E-state index >= 15 is 0 Å². The van der Waals surface area contributed by atoms with E-state index in [0.29, 0.717) is 52.9 Å². The van der Waals surface area contributed by atoms with E-state index in [2.05, 4.69) is 0 Å². The third-order valence-electron chi connectivity index (χ3n) is 9.95. The van der Waals surface area contributed by atoms with Crippen LogP contribution in [0.2, 0.25) is 0 Å². The maximum atomic E-state index is 10.5. The van der Waals surface area contributed by atoms with Crippen molar-refractivity contribution in [3.63, 3.8) is 0 Å². The summed E-state index contributed by atoms with van der Waals surface area (Å²) in [7, 11) is 3.30. The summed E-state index contributed by atoms with van der Waals surface area (Å²) in [5.74, 6) is 0.0911. The molecule has 2 aliphatic carbocycles. The molecule has 0 amide bonds. The maximum Gasteiger partial charge on any atom is 0.272 e. The van der Waals surface area contributed by atoms with E-state index in [1.54, 1.807) is 14.2 Å². The summed E-state index contributed by atoms with van der Waals surface area (Å²) in [6.45, 7) is 2.41. The molecule has 14 heteroatoms. The average molecular weight is 649 g/mol. The van der Waals surface area contributed by atoms with E-state index < -0.39 is 31.3 Å². The van der Waals surface area contributed by atoms with E-state index in [-0.39, 0.29) is 54.6 Å². The Bertz CT molecular complexity index is 829. The van der Waals surface area contributed by atoms with Crippen LogP contribution in [0.4, 0.5) is 0 Å². The fraction of sp³-hybridized carbons (Fsp3) is 1.00. The van der Waals surface area contributed by atoms with Crippen molar-refractivity contribution in [3.05, 3.63) is 0 Å². The van der Waals surface area contributed by atoms with Gasteiger partial charge in [-0.3, -0.25) is 0 Å². The lowest BCUT2D eigenvalue weighted by atomic mass is 9.74. The van der Waals surface area contributed by atoms with Crippen molar-refractivity contribution >= 4 is 0 Å². The second-order valence-corrected chi connectivity index (χ2v) is 12.7. The van der Waals surface area contributed by atoms with E-state index in [1.165, 1.54) is 0 Å². The Labute approximate surface area is 265 Å². The van der Waals surface area contributed by atoms with Crippen LogP contribution in [0.3, 0.4) is 0 Å². The molecule has 260 valence electrons. The van der Waals surface area contributed by atoms with Crippen LogP contribution in [0.1, 0.15) is 44.9 Å². The van der Waals surface area contributed by atoms with Crippen LogP contribution in [0.25, 0.3) is 0 Å². The lowest BCUT2D eigenvalue weighted by Crippen LogP contribution is -2.74. The summed E-state index contributed by atoms with van der Waals surface area (Å²) < 4.78 is 69.4. The molecule has 14 nitrogen and oxygen atoms in total. The zero-order chi connectivity index (χ0) is 31.2. The van der Waals surface area contributed by atoms with E-state index in [4.69, 9.17) is 56.8 Å². The Morgan fingerprint density at radius 3 is 1.36 bits per heavy atom. The minimum Gasteiger partial charge on any atom is -0.388 e. The van der Waals surface area contributed by atoms with Gasteiger partial charge in [0.2, 0.25) is 0 Å². The molecule has 0 aromatic heterocycles. The third kappa shape index (κ3) is 7.86. The minimum absolute atomic E-state index is 0.0272. The van der Waals surface area contributed by atoms with Crippen molar-refractivity contribution in [2.24, 2.45) is 11.8 Å². The standard InChI is InChI=1S/C31H52O14/c1-34-10-12-36-14-16-38-27-24-19(25-28(29(27)45-31(42-24)43-25)39-17-15-37-13-11-35-2)9-7-5-3-4-6-8-18-22-20(32)26-21(33)23(18)41-30(40-22)44-26/h18-33H,3-17H2,1-2H3/t18-,19-,20?,21?,22-,23?,24-,25?,26+,27?,28?,29+,30?,31?/m0/s1. The highest BCUT2D eigenvalue weighted by Gasteiger charge is 2.63. The van der Waals surface area contributed by atoms with Gasteiger partial charge in [0.1, 0.15) is 36.6 Å². The molecule has 14 atom stereocenters. The fourth-order valence-electron chi connectivity index (χ4n) is 7.80. The Morgan fingerprint density at radius 1 is 0.444 bits per heavy atom. The molecule has 2 N–H and O–H groups in total. The first kappa shape index (κ1) is 34.3. The van der Waals surface area contributed by atoms with Crippen molar-refractivity contribution in [2.75, 3.05) is 67.1 Å². The summed E-state index contributed by atoms with van der Waals surface area (Å²) in [6, 6.07) is 0. The van der Waals surface area contributed by atoms with E-state index in [1.807, 2.05) is 0 Å². The molecule has 6 heterocycles. The van der Waals surface area contributed by atoms with Crippen molar-refractivity contribution in [3.8, 4) is 0 Å². The van der Waals surface area contributed by atoms with E-state index in [0.717, 1.165) is 44.9 Å². The summed E-state index contributed by atoms with van der Waals surface area (Å²) in [6.07, 6.45) is 2.94. The summed E-state index contributed by atoms with van der Waals surface area (Å²) in [5.41, 5.74) is 0. The van der Waals surface area contributed by atoms with Crippen molar-refractivity contribution in [1.82, 2.24) is 0 Å². The smallest absolute Gasteiger partial charge is 0.272 e. The summed E-state index contributed by atoms with van der Waals surface area (Å²) >= 11 is 0. The number of hydrogen-bond acceptors (Lipinski definition) is 14. The average Bonchev–Trinajstić information content (AvgIpc) is 3.04. The van der Waals surface area contributed by atoms with Gasteiger partial charge in [-0.15, -0.1) is 0 Å². The van der Waals surface area contributed by atoms with Gasteiger partial charge >= 0.3 is 0 Å². The maximum absolute atomic E-state index is 10.5. The first-order valence-electron chi connectivity index (χ1n) is 16.8. The van der Waals surface area contributed by atoms with Crippen LogP contribution < -0.4 is 0 Å². The number of methoxy groups -OCH3 is 2. The molecule has 8 rings (SSSR count). The molecule has 8 aliphatic rings. The molecule has 2 saturated carbocycles. The van der Waals surface area contributed by atoms with Gasteiger partial charge in [0.25, 0.3) is 13.0 Å². The topological polar surface area (TPSA) is 151 Å². The molecular weight excluding hydrogens is 596 g/mol. The molecule has 0 radical (unpaired) electrons. The predicted molar refractivity (Wildman–Crippen MR) is 153 cm³/mol. The molecule has 0 aromatic carbocycles. The van der Waals surface area contributed by atoms with Crippen LogP contribution in [0.5, 0.6) is 0 Å². The van der Waals surface area contributed by atoms with Gasteiger partial charge in [-0.25, -0.2) is 0 Å². The second-order valence-electron chi connectivity index (χ2n) is 12.7. The van der Waals surface area contributed by atoms with Gasteiger partial charge in [-0.05, 0) is 12.8 Å². The van der Waals surface area contributed by atoms with Gasteiger partial charge in [0.05, 0.1) is 77.3 Å². The molecule has 6 aliphatic heterocycles. The minimum atomic E-state index is -0.816. The van der Waals surface area contributed by atoms with Crippen molar-refractivity contribution < 1.29 is 67.1 Å². The van der Waals surface area contributed by atoms with Crippen LogP contribution in [0.15, 0.2) is 0 Å². The summed E-state index contributed by atoms with van der Waals surface area (Å²) in [4.78, 5) is 0. The second kappa shape index (κ2) is 16.7. The number of unbranched alkanes of at least 4 members (excludes halogenated alkanes) is 4. The largest absolute Gasteiger partial charge is 0.388 e. The Kier molecular flexibility index (Phi) is 12.7.